The molecule has 0 aromatic carbocycles. The minimum Gasteiger partial charge on any atom is -0.345 e. The van der Waals surface area contributed by atoms with Crippen molar-refractivity contribution in [3.05, 3.63) is 17.7 Å². The maximum atomic E-state index is 12.0. The summed E-state index contributed by atoms with van der Waals surface area (Å²) in [5, 5.41) is 0. The quantitative estimate of drug-likeness (QED) is 0.895. The number of rotatable bonds is 4. The standard InChI is InChI=1S/C14H24N4O/c1-10(2)14(19)18-6-5-11(8-18)13-15-7-12(16-13)9-17(3)4/h7,10-11H,5-6,8-9H2,1-4H3,(H,15,16)/t11-/m1/s1. The first-order valence-electron chi connectivity index (χ1n) is 6.94. The molecule has 0 radical (unpaired) electrons. The first-order valence-corrected chi connectivity index (χ1v) is 6.94. The highest BCUT2D eigenvalue weighted by molar-refractivity contribution is 5.78. The van der Waals surface area contributed by atoms with E-state index >= 15 is 0 Å². The van der Waals surface area contributed by atoms with E-state index in [0.717, 1.165) is 37.6 Å². The second-order valence-corrected chi connectivity index (χ2v) is 5.96. The number of aromatic amines is 1. The summed E-state index contributed by atoms with van der Waals surface area (Å²) in [5.41, 5.74) is 1.13. The number of nitrogens with one attached hydrogen (secondary N) is 1. The number of H-pyrrole nitrogens is 1. The fourth-order valence-electron chi connectivity index (χ4n) is 2.55. The molecule has 19 heavy (non-hydrogen) atoms. The third-order valence-electron chi connectivity index (χ3n) is 3.52. The van der Waals surface area contributed by atoms with E-state index < -0.39 is 0 Å². The van der Waals surface area contributed by atoms with E-state index in [1.807, 2.05) is 39.0 Å². The fourth-order valence-corrected chi connectivity index (χ4v) is 2.55. The monoisotopic (exact) mass is 264 g/mol. The Morgan fingerprint density at radius 1 is 1.58 bits per heavy atom. The van der Waals surface area contributed by atoms with Gasteiger partial charge >= 0.3 is 0 Å². The zero-order valence-corrected chi connectivity index (χ0v) is 12.3. The molecule has 2 rings (SSSR count). The lowest BCUT2D eigenvalue weighted by atomic mass is 10.1. The Kier molecular flexibility index (Phi) is 4.24. The Bertz CT molecular complexity index is 438. The predicted molar refractivity (Wildman–Crippen MR) is 74.8 cm³/mol. The third-order valence-corrected chi connectivity index (χ3v) is 3.52. The van der Waals surface area contributed by atoms with Crippen LogP contribution in [0.15, 0.2) is 6.20 Å². The van der Waals surface area contributed by atoms with Gasteiger partial charge in [0.25, 0.3) is 0 Å². The van der Waals surface area contributed by atoms with Gasteiger partial charge in [0.15, 0.2) is 0 Å². The third kappa shape index (κ3) is 3.35. The Morgan fingerprint density at radius 2 is 2.32 bits per heavy atom. The highest BCUT2D eigenvalue weighted by atomic mass is 16.2. The van der Waals surface area contributed by atoms with E-state index in [2.05, 4.69) is 14.9 Å². The van der Waals surface area contributed by atoms with E-state index in [-0.39, 0.29) is 11.8 Å². The highest BCUT2D eigenvalue weighted by Crippen LogP contribution is 2.26. The van der Waals surface area contributed by atoms with Crippen LogP contribution in [0.5, 0.6) is 0 Å². The first-order chi connectivity index (χ1) is 8.97. The van der Waals surface area contributed by atoms with Crippen molar-refractivity contribution in [3.63, 3.8) is 0 Å². The molecule has 1 amide bonds. The summed E-state index contributed by atoms with van der Waals surface area (Å²) in [4.78, 5) is 23.9. The zero-order valence-electron chi connectivity index (χ0n) is 12.3. The van der Waals surface area contributed by atoms with Gasteiger partial charge in [0.05, 0.1) is 0 Å². The van der Waals surface area contributed by atoms with Gasteiger partial charge in [-0.15, -0.1) is 0 Å². The predicted octanol–water partition coefficient (Wildman–Crippen LogP) is 1.44. The second kappa shape index (κ2) is 5.74. The van der Waals surface area contributed by atoms with E-state index in [4.69, 9.17) is 0 Å². The molecule has 1 N–H and O–H groups in total. The van der Waals surface area contributed by atoms with Gasteiger partial charge in [-0.25, -0.2) is 4.98 Å². The van der Waals surface area contributed by atoms with Crippen LogP contribution >= 0.6 is 0 Å². The first kappa shape index (κ1) is 14.1. The van der Waals surface area contributed by atoms with E-state index in [1.165, 1.54) is 0 Å². The molecule has 0 unspecified atom stereocenters. The maximum absolute atomic E-state index is 12.0. The number of carbonyl (C=O) groups is 1. The van der Waals surface area contributed by atoms with Crippen LogP contribution < -0.4 is 0 Å². The Balaban J connectivity index is 1.97. The maximum Gasteiger partial charge on any atom is 0.225 e. The summed E-state index contributed by atoms with van der Waals surface area (Å²) in [6, 6.07) is 0. The van der Waals surface area contributed by atoms with Crippen molar-refractivity contribution in [2.24, 2.45) is 5.92 Å². The Labute approximate surface area is 115 Å². The van der Waals surface area contributed by atoms with Gasteiger partial charge in [-0.3, -0.25) is 4.79 Å². The minimum atomic E-state index is 0.0830. The summed E-state index contributed by atoms with van der Waals surface area (Å²) >= 11 is 0. The summed E-state index contributed by atoms with van der Waals surface area (Å²) in [5.74, 6) is 1.72. The van der Waals surface area contributed by atoms with Crippen molar-refractivity contribution in [2.45, 2.75) is 32.7 Å². The number of aromatic nitrogens is 2. The SMILES string of the molecule is CC(C)C(=O)N1CC[C@@H](c2ncc(CN(C)C)[nH]2)C1. The molecule has 1 aliphatic heterocycles. The van der Waals surface area contributed by atoms with Crippen LogP contribution in [0.3, 0.4) is 0 Å². The van der Waals surface area contributed by atoms with Crippen molar-refractivity contribution < 1.29 is 4.79 Å². The van der Waals surface area contributed by atoms with Crippen molar-refractivity contribution in [1.29, 1.82) is 0 Å². The molecule has 1 aromatic rings. The number of nitrogens with zero attached hydrogens (tertiary/aromatic N) is 3. The number of imidazole rings is 1. The summed E-state index contributed by atoms with van der Waals surface area (Å²) in [6.07, 6.45) is 2.91. The van der Waals surface area contributed by atoms with Crippen molar-refractivity contribution in [1.82, 2.24) is 19.8 Å². The van der Waals surface area contributed by atoms with Crippen LogP contribution in [0.25, 0.3) is 0 Å². The number of hydrogen-bond donors (Lipinski definition) is 1. The van der Waals surface area contributed by atoms with E-state index in [0.29, 0.717) is 5.92 Å². The fraction of sp³-hybridized carbons (Fsp3) is 0.714. The molecule has 2 heterocycles. The Hall–Kier alpha value is -1.36. The topological polar surface area (TPSA) is 52.2 Å². The molecule has 1 atom stereocenters. The molecule has 0 saturated carbocycles. The minimum absolute atomic E-state index is 0.0830. The molecular weight excluding hydrogens is 240 g/mol. The van der Waals surface area contributed by atoms with E-state index in [9.17, 15) is 4.79 Å². The van der Waals surface area contributed by atoms with Crippen LogP contribution in [0, 0.1) is 5.92 Å². The molecule has 1 saturated heterocycles. The van der Waals surface area contributed by atoms with Crippen molar-refractivity contribution >= 4 is 5.91 Å². The van der Waals surface area contributed by atoms with Gasteiger partial charge < -0.3 is 14.8 Å². The molecule has 5 nitrogen and oxygen atoms in total. The molecule has 0 bridgehead atoms. The molecule has 1 aliphatic rings. The normalized spacial score (nSPS) is 19.7. The van der Waals surface area contributed by atoms with Crippen molar-refractivity contribution in [2.75, 3.05) is 27.2 Å². The van der Waals surface area contributed by atoms with Crippen LogP contribution in [0.4, 0.5) is 0 Å². The van der Waals surface area contributed by atoms with E-state index in [1.54, 1.807) is 0 Å². The summed E-state index contributed by atoms with van der Waals surface area (Å²) in [6.45, 7) is 6.43. The van der Waals surface area contributed by atoms with Gasteiger partial charge in [-0.1, -0.05) is 13.8 Å². The number of amides is 1. The van der Waals surface area contributed by atoms with Crippen LogP contribution in [-0.2, 0) is 11.3 Å². The lowest BCUT2D eigenvalue weighted by molar-refractivity contribution is -0.133. The molecule has 1 fully saturated rings. The number of carbonyl (C=O) groups excluding carboxylic acids is 1. The molecule has 5 heteroatoms. The van der Waals surface area contributed by atoms with Gasteiger partial charge in [0.2, 0.25) is 5.91 Å². The van der Waals surface area contributed by atoms with Crippen molar-refractivity contribution in [3.8, 4) is 0 Å². The molecule has 106 valence electrons. The second-order valence-electron chi connectivity index (χ2n) is 5.96. The zero-order chi connectivity index (χ0) is 14.0. The lowest BCUT2D eigenvalue weighted by Crippen LogP contribution is -2.32. The smallest absolute Gasteiger partial charge is 0.225 e. The average molecular weight is 264 g/mol. The molecule has 0 aliphatic carbocycles. The van der Waals surface area contributed by atoms with Gasteiger partial charge in [0.1, 0.15) is 5.82 Å². The molecule has 1 aromatic heterocycles. The molecule has 0 spiro atoms. The Morgan fingerprint density at radius 3 is 2.95 bits per heavy atom. The van der Waals surface area contributed by atoms with Crippen LogP contribution in [-0.4, -0.2) is 52.9 Å². The largest absolute Gasteiger partial charge is 0.345 e. The van der Waals surface area contributed by atoms with Gasteiger partial charge in [0, 0.05) is 43.4 Å². The number of likely N-dealkylation sites (tertiary alicyclic amines) is 1. The van der Waals surface area contributed by atoms with Gasteiger partial charge in [-0.05, 0) is 20.5 Å². The highest BCUT2D eigenvalue weighted by Gasteiger charge is 2.29. The lowest BCUT2D eigenvalue weighted by Gasteiger charge is -2.18. The van der Waals surface area contributed by atoms with Gasteiger partial charge in [-0.2, -0.15) is 0 Å². The summed E-state index contributed by atoms with van der Waals surface area (Å²) < 4.78 is 0. The van der Waals surface area contributed by atoms with Crippen LogP contribution in [0.2, 0.25) is 0 Å². The van der Waals surface area contributed by atoms with Crippen LogP contribution in [0.1, 0.15) is 37.7 Å². The molecular formula is C14H24N4O. The number of hydrogen-bond acceptors (Lipinski definition) is 3. The summed E-state index contributed by atoms with van der Waals surface area (Å²) in [7, 11) is 4.08. The average Bonchev–Trinajstić information content (AvgIpc) is 2.94.